The molecule has 2 aliphatic heterocycles. The molecule has 5 rings (SSSR count). The number of rotatable bonds is 7. The molecule has 2 atom stereocenters. The largest absolute Gasteiger partial charge is 0.465 e. The Hall–Kier alpha value is -4.38. The molecule has 1 aromatic carbocycles. The van der Waals surface area contributed by atoms with Gasteiger partial charge in [0.2, 0.25) is 17.9 Å². The van der Waals surface area contributed by atoms with Crippen LogP contribution in [0.1, 0.15) is 49.1 Å². The highest BCUT2D eigenvalue weighted by atomic mass is 19.4. The third-order valence-corrected chi connectivity index (χ3v) is 7.73. The maximum absolute atomic E-state index is 14.5. The molecule has 2 saturated heterocycles. The van der Waals surface area contributed by atoms with Gasteiger partial charge in [-0.2, -0.15) is 33.5 Å². The number of nitrogens with zero attached hydrogens (tertiary/aromatic N) is 6. The number of piperidine rings is 1. The number of nitrogen functional groups attached to an aromatic ring is 1. The Morgan fingerprint density at radius 3 is 2.67 bits per heavy atom. The predicted octanol–water partition coefficient (Wildman–Crippen LogP) is 3.62. The van der Waals surface area contributed by atoms with Crippen molar-refractivity contribution < 1.29 is 27.4 Å². The van der Waals surface area contributed by atoms with Crippen molar-refractivity contribution in [2.75, 3.05) is 36.9 Å². The van der Waals surface area contributed by atoms with Gasteiger partial charge >= 0.3 is 12.1 Å². The van der Waals surface area contributed by atoms with Crippen LogP contribution in [0, 0.1) is 23.7 Å². The third kappa shape index (κ3) is 6.11. The molecule has 2 fully saturated rings. The first-order valence-corrected chi connectivity index (χ1v) is 13.6. The first-order chi connectivity index (χ1) is 20.0. The number of nitriles is 1. The molecule has 14 heteroatoms. The van der Waals surface area contributed by atoms with Gasteiger partial charge in [-0.15, -0.1) is 0 Å². The van der Waals surface area contributed by atoms with Crippen LogP contribution in [0.4, 0.5) is 24.9 Å². The fraction of sp³-hybridized carbons (Fsp3) is 0.464. The van der Waals surface area contributed by atoms with Crippen molar-refractivity contribution >= 4 is 17.7 Å². The summed E-state index contributed by atoms with van der Waals surface area (Å²) in [5.74, 6) is -0.466. The molecule has 42 heavy (non-hydrogen) atoms. The van der Waals surface area contributed by atoms with E-state index in [1.165, 1.54) is 35.1 Å². The minimum absolute atomic E-state index is 0.0550. The van der Waals surface area contributed by atoms with E-state index < -0.39 is 12.3 Å². The number of benzene rings is 1. The number of nitrogens with two attached hydrogens (primary N) is 1. The number of halogens is 3. The van der Waals surface area contributed by atoms with Gasteiger partial charge in [0.05, 0.1) is 29.6 Å². The summed E-state index contributed by atoms with van der Waals surface area (Å²) in [5, 5.41) is 16.9. The van der Waals surface area contributed by atoms with Crippen molar-refractivity contribution in [2.24, 2.45) is 5.41 Å². The normalized spacial score (nSPS) is 19.0. The van der Waals surface area contributed by atoms with Gasteiger partial charge < -0.3 is 25.4 Å². The summed E-state index contributed by atoms with van der Waals surface area (Å²) in [4.78, 5) is 22.3. The van der Waals surface area contributed by atoms with Crippen LogP contribution in [0.25, 0.3) is 5.69 Å². The van der Waals surface area contributed by atoms with E-state index >= 15 is 0 Å². The number of ether oxygens (including phenoxy) is 2. The molecule has 0 amide bonds. The van der Waals surface area contributed by atoms with E-state index in [-0.39, 0.29) is 46.1 Å². The van der Waals surface area contributed by atoms with Crippen LogP contribution < -0.4 is 20.7 Å². The number of hydrogen-bond acceptors (Lipinski definition) is 10. The predicted molar refractivity (Wildman–Crippen MR) is 146 cm³/mol. The molecule has 1 spiro atoms. The maximum Gasteiger partial charge on any atom is 0.429 e. The summed E-state index contributed by atoms with van der Waals surface area (Å²) >= 11 is 0. The summed E-state index contributed by atoms with van der Waals surface area (Å²) in [6.45, 7) is 5.61. The lowest BCUT2D eigenvalue weighted by Crippen LogP contribution is -2.41. The van der Waals surface area contributed by atoms with E-state index in [0.717, 1.165) is 12.8 Å². The minimum atomic E-state index is -4.84. The molecule has 1 unspecified atom stereocenters. The Bertz CT molecular complexity index is 1490. The Labute approximate surface area is 240 Å². The Morgan fingerprint density at radius 1 is 1.26 bits per heavy atom. The lowest BCUT2D eigenvalue weighted by atomic mass is 9.76. The molecular formula is C28H31F3N8O3. The maximum atomic E-state index is 14.5. The molecule has 2 aliphatic rings. The van der Waals surface area contributed by atoms with Crippen molar-refractivity contribution in [1.29, 1.82) is 5.26 Å². The second kappa shape index (κ2) is 11.5. The van der Waals surface area contributed by atoms with Crippen LogP contribution in [0.3, 0.4) is 0 Å². The SMILES string of the molecule is CCOC(=O)[C@@H]1CC2(CCN(c3cc(OC(c4ccc(C#N)cc4-n4ccc(C)n4)C(F)(F)F)nc(N)n3)CC2)CN1. The summed E-state index contributed by atoms with van der Waals surface area (Å²) in [5.41, 5.74) is 6.42. The Morgan fingerprint density at radius 2 is 2.02 bits per heavy atom. The van der Waals surface area contributed by atoms with Gasteiger partial charge in [0, 0.05) is 37.5 Å². The van der Waals surface area contributed by atoms with Gasteiger partial charge in [0.15, 0.2) is 0 Å². The summed E-state index contributed by atoms with van der Waals surface area (Å²) in [7, 11) is 0. The fourth-order valence-corrected chi connectivity index (χ4v) is 5.58. The molecular weight excluding hydrogens is 553 g/mol. The monoisotopic (exact) mass is 584 g/mol. The molecule has 11 nitrogen and oxygen atoms in total. The van der Waals surface area contributed by atoms with Crippen molar-refractivity contribution in [3.63, 3.8) is 0 Å². The molecule has 0 saturated carbocycles. The second-order valence-corrected chi connectivity index (χ2v) is 10.6. The summed E-state index contributed by atoms with van der Waals surface area (Å²) in [6, 6.07) is 8.43. The smallest absolute Gasteiger partial charge is 0.429 e. The molecule has 0 bridgehead atoms. The lowest BCUT2D eigenvalue weighted by Gasteiger charge is -2.39. The molecule has 3 N–H and O–H groups in total. The van der Waals surface area contributed by atoms with Gasteiger partial charge in [-0.3, -0.25) is 4.79 Å². The Balaban J connectivity index is 1.38. The number of nitrogens with one attached hydrogen (secondary N) is 1. The topological polar surface area (TPSA) is 144 Å². The van der Waals surface area contributed by atoms with Crippen LogP contribution in [0.2, 0.25) is 0 Å². The Kier molecular flexibility index (Phi) is 7.96. The molecule has 0 aliphatic carbocycles. The highest BCUT2D eigenvalue weighted by Crippen LogP contribution is 2.42. The molecule has 3 aromatic rings. The van der Waals surface area contributed by atoms with Gasteiger partial charge in [-0.05, 0) is 56.7 Å². The second-order valence-electron chi connectivity index (χ2n) is 10.6. The molecule has 0 radical (unpaired) electrons. The van der Waals surface area contributed by atoms with E-state index in [0.29, 0.717) is 44.2 Å². The van der Waals surface area contributed by atoms with Crippen LogP contribution in [0.15, 0.2) is 36.5 Å². The number of anilines is 2. The highest BCUT2D eigenvalue weighted by molar-refractivity contribution is 5.76. The number of aryl methyl sites for hydroxylation is 1. The minimum Gasteiger partial charge on any atom is -0.465 e. The van der Waals surface area contributed by atoms with Crippen LogP contribution in [-0.4, -0.2) is 64.2 Å². The van der Waals surface area contributed by atoms with Gasteiger partial charge in [0.25, 0.3) is 0 Å². The number of alkyl halides is 3. The molecule has 4 heterocycles. The number of esters is 1. The van der Waals surface area contributed by atoms with Gasteiger partial charge in [-0.25, -0.2) is 4.68 Å². The van der Waals surface area contributed by atoms with Gasteiger partial charge in [-0.1, -0.05) is 6.07 Å². The number of hydrogen-bond donors (Lipinski definition) is 2. The average molecular weight is 585 g/mol. The zero-order chi connectivity index (χ0) is 30.1. The zero-order valence-electron chi connectivity index (χ0n) is 23.2. The highest BCUT2D eigenvalue weighted by Gasteiger charge is 2.46. The van der Waals surface area contributed by atoms with E-state index in [9.17, 15) is 23.2 Å². The van der Waals surface area contributed by atoms with Crippen molar-refractivity contribution in [3.8, 4) is 17.6 Å². The van der Waals surface area contributed by atoms with E-state index in [1.807, 2.05) is 11.0 Å². The first kappa shape index (κ1) is 29.1. The fourth-order valence-electron chi connectivity index (χ4n) is 5.58. The average Bonchev–Trinajstić information content (AvgIpc) is 3.57. The van der Waals surface area contributed by atoms with Crippen molar-refractivity contribution in [1.82, 2.24) is 25.1 Å². The van der Waals surface area contributed by atoms with Crippen LogP contribution >= 0.6 is 0 Å². The van der Waals surface area contributed by atoms with E-state index in [1.54, 1.807) is 19.9 Å². The van der Waals surface area contributed by atoms with Crippen LogP contribution in [-0.2, 0) is 9.53 Å². The number of carbonyl (C=O) groups excluding carboxylic acids is 1. The lowest BCUT2D eigenvalue weighted by molar-refractivity contribution is -0.198. The standard InChI is InChI=1S/C28H31F3N8O3/c1-3-41-25(40)20-14-27(16-34-20)7-10-38(11-8-27)22-13-23(36-26(33)35-22)42-24(28(29,30)31)19-5-4-18(15-32)12-21(19)39-9-6-17(2)37-39/h4-6,9,12-13,20,24,34H,3,7-8,10-11,14,16H2,1-2H3,(H2,33,35,36)/t20-,24?/m0/s1. The summed E-state index contributed by atoms with van der Waals surface area (Å²) in [6.07, 6.45) is -3.59. The number of carbonyl (C=O) groups is 1. The van der Waals surface area contributed by atoms with E-state index in [4.69, 9.17) is 15.2 Å². The zero-order valence-corrected chi connectivity index (χ0v) is 23.2. The quantitative estimate of drug-likeness (QED) is 0.395. The van der Waals surface area contributed by atoms with Crippen LogP contribution in [0.5, 0.6) is 5.88 Å². The van der Waals surface area contributed by atoms with Crippen molar-refractivity contribution in [3.05, 3.63) is 53.3 Å². The first-order valence-electron chi connectivity index (χ1n) is 13.6. The number of aromatic nitrogens is 4. The molecule has 222 valence electrons. The van der Waals surface area contributed by atoms with E-state index in [2.05, 4.69) is 20.4 Å². The van der Waals surface area contributed by atoms with Crippen molar-refractivity contribution in [2.45, 2.75) is 51.4 Å². The summed E-state index contributed by atoms with van der Waals surface area (Å²) < 4.78 is 55.4. The molecule has 2 aromatic heterocycles. The van der Waals surface area contributed by atoms with Gasteiger partial charge in [0.1, 0.15) is 11.9 Å². The third-order valence-electron chi connectivity index (χ3n) is 7.73.